The molecule has 33 heavy (non-hydrogen) atoms. The topological polar surface area (TPSA) is 18.5 Å². The highest BCUT2D eigenvalue weighted by Crippen LogP contribution is 2.56. The van der Waals surface area contributed by atoms with Crippen LogP contribution in [0.1, 0.15) is 96.0 Å². The van der Waals surface area contributed by atoms with Gasteiger partial charge < -0.3 is 9.31 Å². The molecule has 0 aromatic heterocycles. The van der Waals surface area contributed by atoms with E-state index in [2.05, 4.69) is 111 Å². The molecule has 5 rings (SSSR count). The largest absolute Gasteiger partial charge is 0.494 e. The van der Waals surface area contributed by atoms with E-state index < -0.39 is 0 Å². The second-order valence-electron chi connectivity index (χ2n) is 12.8. The average Bonchev–Trinajstić information content (AvgIpc) is 3.48. The van der Waals surface area contributed by atoms with Gasteiger partial charge in [0.15, 0.2) is 0 Å². The summed E-state index contributed by atoms with van der Waals surface area (Å²) in [5.41, 5.74) is 8.03. The Labute approximate surface area is 200 Å². The molecule has 1 saturated carbocycles. The summed E-state index contributed by atoms with van der Waals surface area (Å²) in [7, 11) is -0.306. The zero-order chi connectivity index (χ0) is 24.0. The fourth-order valence-corrected chi connectivity index (χ4v) is 5.66. The summed E-state index contributed by atoms with van der Waals surface area (Å²) < 4.78 is 12.5. The first-order chi connectivity index (χ1) is 15.2. The Morgan fingerprint density at radius 3 is 1.64 bits per heavy atom. The fourth-order valence-electron chi connectivity index (χ4n) is 5.66. The highest BCUT2D eigenvalue weighted by Gasteiger charge is 2.52. The number of rotatable bonds is 3. The number of benzene rings is 2. The molecular formula is C30H39BO2. The Kier molecular flexibility index (Phi) is 4.77. The number of hydrogen-bond donors (Lipinski definition) is 0. The molecule has 174 valence electrons. The van der Waals surface area contributed by atoms with Crippen molar-refractivity contribution in [2.45, 2.75) is 103 Å². The summed E-state index contributed by atoms with van der Waals surface area (Å²) in [6.45, 7) is 20.1. The van der Waals surface area contributed by atoms with Crippen LogP contribution >= 0.6 is 0 Å². The highest BCUT2D eigenvalue weighted by molar-refractivity contribution is 6.62. The van der Waals surface area contributed by atoms with E-state index in [1.54, 1.807) is 0 Å². The summed E-state index contributed by atoms with van der Waals surface area (Å²) in [4.78, 5) is 0. The first kappa shape index (κ1) is 22.9. The molecule has 1 aliphatic heterocycles. The molecule has 3 heteroatoms. The van der Waals surface area contributed by atoms with Gasteiger partial charge in [-0.3, -0.25) is 0 Å². The van der Waals surface area contributed by atoms with Crippen molar-refractivity contribution in [1.82, 2.24) is 0 Å². The second kappa shape index (κ2) is 6.86. The normalized spacial score (nSPS) is 25.1. The van der Waals surface area contributed by atoms with E-state index in [1.807, 2.05) is 0 Å². The Balaban J connectivity index is 1.50. The summed E-state index contributed by atoms with van der Waals surface area (Å²) in [6, 6.07) is 14.0. The van der Waals surface area contributed by atoms with E-state index in [9.17, 15) is 0 Å². The highest BCUT2D eigenvalue weighted by atomic mass is 16.7. The minimum absolute atomic E-state index is 0.0595. The number of hydrogen-bond acceptors (Lipinski definition) is 2. The van der Waals surface area contributed by atoms with E-state index in [1.165, 1.54) is 40.7 Å². The summed E-state index contributed by atoms with van der Waals surface area (Å²) in [5, 5.41) is 0. The summed E-state index contributed by atoms with van der Waals surface area (Å²) >= 11 is 0. The lowest BCUT2D eigenvalue weighted by Crippen LogP contribution is -2.41. The van der Waals surface area contributed by atoms with Crippen molar-refractivity contribution in [3.63, 3.8) is 0 Å². The van der Waals surface area contributed by atoms with Crippen molar-refractivity contribution in [2.75, 3.05) is 0 Å². The quantitative estimate of drug-likeness (QED) is 0.399. The third kappa shape index (κ3) is 3.46. The number of aryl methyl sites for hydroxylation is 1. The number of fused-ring (bicyclic) bond motifs is 1. The molecule has 2 aliphatic carbocycles. The predicted molar refractivity (Wildman–Crippen MR) is 139 cm³/mol. The first-order valence-electron chi connectivity index (χ1n) is 12.5. The molecule has 0 bridgehead atoms. The van der Waals surface area contributed by atoms with Crippen LogP contribution in [0.4, 0.5) is 0 Å². The van der Waals surface area contributed by atoms with Gasteiger partial charge in [0.2, 0.25) is 0 Å². The van der Waals surface area contributed by atoms with Gasteiger partial charge in [-0.25, -0.2) is 0 Å². The molecule has 1 saturated heterocycles. The Morgan fingerprint density at radius 1 is 0.667 bits per heavy atom. The predicted octanol–water partition coefficient (Wildman–Crippen LogP) is 6.50. The van der Waals surface area contributed by atoms with Crippen LogP contribution in [-0.4, -0.2) is 18.3 Å². The van der Waals surface area contributed by atoms with Crippen molar-refractivity contribution < 1.29 is 9.31 Å². The zero-order valence-electron chi connectivity index (χ0n) is 21.9. The molecule has 0 amide bonds. The molecule has 0 radical (unpaired) electrons. The standard InChI is InChI=1S/C30H39BO2/c1-20-18-24-25(27(4,5)15-14-26(24,2)3)19-23(20)30(16-17-30)21-10-12-22(13-11-21)31-32-28(6,7)29(8,9)33-31/h10-15,18-19H,16-17H2,1-9H3. The maximum Gasteiger partial charge on any atom is 0.494 e. The van der Waals surface area contributed by atoms with E-state index in [4.69, 9.17) is 9.31 Å². The maximum atomic E-state index is 6.27. The van der Waals surface area contributed by atoms with Gasteiger partial charge in [0.05, 0.1) is 11.2 Å². The molecule has 0 atom stereocenters. The first-order valence-corrected chi connectivity index (χ1v) is 12.5. The van der Waals surface area contributed by atoms with Crippen molar-refractivity contribution in [3.05, 3.63) is 76.4 Å². The lowest BCUT2D eigenvalue weighted by atomic mass is 9.66. The van der Waals surface area contributed by atoms with Crippen LogP contribution in [0.2, 0.25) is 0 Å². The summed E-state index contributed by atoms with van der Waals surface area (Å²) in [5.74, 6) is 0. The molecular weight excluding hydrogens is 403 g/mol. The molecule has 0 N–H and O–H groups in total. The van der Waals surface area contributed by atoms with E-state index in [-0.39, 0.29) is 34.6 Å². The molecule has 2 fully saturated rings. The lowest BCUT2D eigenvalue weighted by molar-refractivity contribution is 0.00578. The van der Waals surface area contributed by atoms with Crippen LogP contribution in [0, 0.1) is 6.92 Å². The third-order valence-electron chi connectivity index (χ3n) is 8.92. The van der Waals surface area contributed by atoms with E-state index in [0.29, 0.717) is 0 Å². The van der Waals surface area contributed by atoms with Gasteiger partial charge in [-0.2, -0.15) is 0 Å². The van der Waals surface area contributed by atoms with Crippen LogP contribution in [-0.2, 0) is 25.6 Å². The van der Waals surface area contributed by atoms with Gasteiger partial charge in [0.25, 0.3) is 0 Å². The van der Waals surface area contributed by atoms with Gasteiger partial charge in [-0.1, -0.05) is 76.2 Å². The third-order valence-corrected chi connectivity index (χ3v) is 8.92. The summed E-state index contributed by atoms with van der Waals surface area (Å²) in [6.07, 6.45) is 7.20. The molecule has 2 nitrogen and oxygen atoms in total. The van der Waals surface area contributed by atoms with Crippen molar-refractivity contribution >= 4 is 12.6 Å². The van der Waals surface area contributed by atoms with E-state index >= 15 is 0 Å². The molecule has 0 spiro atoms. The average molecular weight is 442 g/mol. The molecule has 0 unspecified atom stereocenters. The number of allylic oxidation sites excluding steroid dienone is 2. The molecule has 2 aromatic carbocycles. The van der Waals surface area contributed by atoms with Crippen molar-refractivity contribution in [1.29, 1.82) is 0 Å². The lowest BCUT2D eigenvalue weighted by Gasteiger charge is -2.38. The fraction of sp³-hybridized carbons (Fsp3) is 0.533. The van der Waals surface area contributed by atoms with Crippen LogP contribution in [0.15, 0.2) is 48.6 Å². The van der Waals surface area contributed by atoms with Gasteiger partial charge in [0.1, 0.15) is 0 Å². The minimum atomic E-state index is -0.316. The smallest absolute Gasteiger partial charge is 0.399 e. The van der Waals surface area contributed by atoms with Crippen LogP contribution in [0.25, 0.3) is 0 Å². The van der Waals surface area contributed by atoms with Gasteiger partial charge >= 0.3 is 7.12 Å². The van der Waals surface area contributed by atoms with Crippen LogP contribution < -0.4 is 5.46 Å². The van der Waals surface area contributed by atoms with Gasteiger partial charge in [-0.15, -0.1) is 0 Å². The monoisotopic (exact) mass is 442 g/mol. The second-order valence-corrected chi connectivity index (χ2v) is 12.8. The molecule has 1 heterocycles. The Hall–Kier alpha value is -1.84. The Morgan fingerprint density at radius 2 is 1.15 bits per heavy atom. The van der Waals surface area contributed by atoms with Crippen LogP contribution in [0.3, 0.4) is 0 Å². The van der Waals surface area contributed by atoms with E-state index in [0.717, 1.165) is 5.46 Å². The van der Waals surface area contributed by atoms with Crippen LogP contribution in [0.5, 0.6) is 0 Å². The van der Waals surface area contributed by atoms with Gasteiger partial charge in [0, 0.05) is 16.2 Å². The minimum Gasteiger partial charge on any atom is -0.399 e. The molecule has 2 aromatic rings. The van der Waals surface area contributed by atoms with Gasteiger partial charge in [-0.05, 0) is 80.7 Å². The van der Waals surface area contributed by atoms with Crippen molar-refractivity contribution in [2.24, 2.45) is 0 Å². The maximum absolute atomic E-state index is 6.27. The zero-order valence-corrected chi connectivity index (χ0v) is 21.9. The van der Waals surface area contributed by atoms with Crippen molar-refractivity contribution in [3.8, 4) is 0 Å². The molecule has 3 aliphatic rings. The SMILES string of the molecule is Cc1cc2c(cc1C1(c3ccc(B4OC(C)(C)C(C)(C)O4)cc3)CC1)C(C)(C)C=CC2(C)C. The Bertz CT molecular complexity index is 1110.